The molecule has 0 saturated heterocycles. The van der Waals surface area contributed by atoms with Crippen LogP contribution in [0.1, 0.15) is 19.3 Å². The first-order valence-electron chi connectivity index (χ1n) is 6.75. The summed E-state index contributed by atoms with van der Waals surface area (Å²) in [5.74, 6) is 0.570. The van der Waals surface area contributed by atoms with Crippen LogP contribution in [0, 0.1) is 5.92 Å². The van der Waals surface area contributed by atoms with E-state index in [-0.39, 0.29) is 17.7 Å². The molecule has 0 fully saturated rings. The Labute approximate surface area is 122 Å². The Morgan fingerprint density at radius 2 is 2.25 bits per heavy atom. The van der Waals surface area contributed by atoms with E-state index >= 15 is 0 Å². The Bertz CT molecular complexity index is 583. The number of hydrogen-bond donors (Lipinski definition) is 2. The lowest BCUT2D eigenvalue weighted by Crippen LogP contribution is -2.24. The van der Waals surface area contributed by atoms with Crippen LogP contribution < -0.4 is 10.6 Å². The summed E-state index contributed by atoms with van der Waals surface area (Å²) in [6.07, 6.45) is 6.87. The molecule has 0 bridgehead atoms. The van der Waals surface area contributed by atoms with E-state index in [2.05, 4.69) is 22.8 Å². The van der Waals surface area contributed by atoms with E-state index in [0.717, 1.165) is 35.5 Å². The van der Waals surface area contributed by atoms with Crippen LogP contribution in [-0.4, -0.2) is 17.6 Å². The van der Waals surface area contributed by atoms with Crippen molar-refractivity contribution in [3.8, 4) is 0 Å². The second kappa shape index (κ2) is 5.71. The molecule has 0 saturated carbocycles. The second-order valence-electron chi connectivity index (χ2n) is 5.02. The molecular formula is C15H16N2O2S. The third-order valence-corrected chi connectivity index (χ3v) is 4.59. The third-order valence-electron chi connectivity index (χ3n) is 3.52. The summed E-state index contributed by atoms with van der Waals surface area (Å²) < 4.78 is 0. The summed E-state index contributed by atoms with van der Waals surface area (Å²) >= 11 is 1.52. The van der Waals surface area contributed by atoms with Gasteiger partial charge in [-0.25, -0.2) is 0 Å². The van der Waals surface area contributed by atoms with E-state index in [4.69, 9.17) is 0 Å². The molecule has 0 aromatic heterocycles. The van der Waals surface area contributed by atoms with Crippen molar-refractivity contribution in [3.05, 3.63) is 30.4 Å². The Kier molecular flexibility index (Phi) is 3.78. The molecule has 1 aromatic carbocycles. The maximum atomic E-state index is 12.2. The van der Waals surface area contributed by atoms with Gasteiger partial charge in [-0.15, -0.1) is 11.8 Å². The van der Waals surface area contributed by atoms with Gasteiger partial charge in [0.2, 0.25) is 11.8 Å². The zero-order valence-corrected chi connectivity index (χ0v) is 11.8. The van der Waals surface area contributed by atoms with E-state index in [1.807, 2.05) is 18.2 Å². The number of carbonyl (C=O) groups excluding carboxylic acids is 2. The van der Waals surface area contributed by atoms with Crippen molar-refractivity contribution < 1.29 is 9.59 Å². The Morgan fingerprint density at radius 1 is 1.35 bits per heavy atom. The van der Waals surface area contributed by atoms with Gasteiger partial charge in [-0.2, -0.15) is 0 Å². The number of anilines is 2. The lowest BCUT2D eigenvalue weighted by Gasteiger charge is -2.19. The van der Waals surface area contributed by atoms with Gasteiger partial charge in [-0.05, 0) is 37.5 Å². The number of allylic oxidation sites excluding steroid dienone is 2. The Morgan fingerprint density at radius 3 is 3.05 bits per heavy atom. The van der Waals surface area contributed by atoms with E-state index < -0.39 is 0 Å². The molecule has 4 nitrogen and oxygen atoms in total. The zero-order chi connectivity index (χ0) is 13.9. The number of thioether (sulfide) groups is 1. The molecule has 1 heterocycles. The highest BCUT2D eigenvalue weighted by Gasteiger charge is 2.20. The average molecular weight is 288 g/mol. The van der Waals surface area contributed by atoms with Gasteiger partial charge in [0.05, 0.1) is 11.4 Å². The van der Waals surface area contributed by atoms with E-state index in [9.17, 15) is 9.59 Å². The first-order valence-corrected chi connectivity index (χ1v) is 7.73. The van der Waals surface area contributed by atoms with Crippen LogP contribution in [0.5, 0.6) is 0 Å². The molecule has 1 aliphatic heterocycles. The molecule has 0 radical (unpaired) electrons. The maximum Gasteiger partial charge on any atom is 0.234 e. The number of nitrogens with one attached hydrogen (secondary N) is 2. The van der Waals surface area contributed by atoms with Gasteiger partial charge in [0.1, 0.15) is 0 Å². The number of hydrogen-bond acceptors (Lipinski definition) is 3. The molecule has 5 heteroatoms. The van der Waals surface area contributed by atoms with Crippen LogP contribution in [0.25, 0.3) is 0 Å². The summed E-state index contributed by atoms with van der Waals surface area (Å²) in [6.45, 7) is 0. The van der Waals surface area contributed by atoms with Crippen molar-refractivity contribution in [2.75, 3.05) is 16.4 Å². The van der Waals surface area contributed by atoms with Crippen LogP contribution in [-0.2, 0) is 9.59 Å². The molecule has 2 aliphatic rings. The van der Waals surface area contributed by atoms with E-state index in [1.165, 1.54) is 11.8 Å². The number of rotatable bonds is 2. The molecule has 2 N–H and O–H groups in total. The van der Waals surface area contributed by atoms with E-state index in [0.29, 0.717) is 5.75 Å². The molecule has 20 heavy (non-hydrogen) atoms. The topological polar surface area (TPSA) is 58.2 Å². The average Bonchev–Trinajstić information content (AvgIpc) is 2.47. The second-order valence-corrected chi connectivity index (χ2v) is 6.04. The fraction of sp³-hybridized carbons (Fsp3) is 0.333. The largest absolute Gasteiger partial charge is 0.326 e. The zero-order valence-electron chi connectivity index (χ0n) is 11.0. The predicted molar refractivity (Wildman–Crippen MR) is 80.9 cm³/mol. The first-order chi connectivity index (χ1) is 9.72. The lowest BCUT2D eigenvalue weighted by atomic mass is 9.93. The summed E-state index contributed by atoms with van der Waals surface area (Å²) in [7, 11) is 0. The van der Waals surface area contributed by atoms with Crippen LogP contribution in [0.4, 0.5) is 11.4 Å². The van der Waals surface area contributed by atoms with Gasteiger partial charge in [0.15, 0.2) is 0 Å². The highest BCUT2D eigenvalue weighted by molar-refractivity contribution is 8.00. The van der Waals surface area contributed by atoms with Gasteiger partial charge in [-0.3, -0.25) is 9.59 Å². The molecule has 1 atom stereocenters. The monoisotopic (exact) mass is 288 g/mol. The number of benzene rings is 1. The van der Waals surface area contributed by atoms with Crippen molar-refractivity contribution in [1.82, 2.24) is 0 Å². The van der Waals surface area contributed by atoms with Crippen LogP contribution in [0.15, 0.2) is 35.2 Å². The molecule has 1 aliphatic carbocycles. The van der Waals surface area contributed by atoms with Crippen LogP contribution >= 0.6 is 11.8 Å². The SMILES string of the molecule is O=C1CSc2ccc(NC(=O)C3CC=CCC3)cc2N1. The predicted octanol–water partition coefficient (Wildman–Crippen LogP) is 3.03. The number of carbonyl (C=O) groups is 2. The fourth-order valence-corrected chi connectivity index (χ4v) is 3.23. The smallest absolute Gasteiger partial charge is 0.234 e. The molecule has 2 amide bonds. The quantitative estimate of drug-likeness (QED) is 0.822. The molecule has 0 spiro atoms. The van der Waals surface area contributed by atoms with Gasteiger partial charge >= 0.3 is 0 Å². The normalized spacial score (nSPS) is 21.0. The number of fused-ring (bicyclic) bond motifs is 1. The Balaban J connectivity index is 1.71. The van der Waals surface area contributed by atoms with Crippen LogP contribution in [0.2, 0.25) is 0 Å². The van der Waals surface area contributed by atoms with Crippen molar-refractivity contribution in [1.29, 1.82) is 0 Å². The maximum absolute atomic E-state index is 12.2. The van der Waals surface area contributed by atoms with Gasteiger partial charge in [0, 0.05) is 16.5 Å². The van der Waals surface area contributed by atoms with Crippen molar-refractivity contribution in [2.24, 2.45) is 5.92 Å². The number of amides is 2. The van der Waals surface area contributed by atoms with Gasteiger partial charge in [-0.1, -0.05) is 12.2 Å². The van der Waals surface area contributed by atoms with Crippen molar-refractivity contribution in [3.63, 3.8) is 0 Å². The van der Waals surface area contributed by atoms with Crippen LogP contribution in [0.3, 0.4) is 0 Å². The summed E-state index contributed by atoms with van der Waals surface area (Å²) in [5.41, 5.74) is 1.53. The van der Waals surface area contributed by atoms with Crippen molar-refractivity contribution in [2.45, 2.75) is 24.2 Å². The fourth-order valence-electron chi connectivity index (χ4n) is 2.44. The molecule has 3 rings (SSSR count). The minimum atomic E-state index is 0.00314. The van der Waals surface area contributed by atoms with Gasteiger partial charge < -0.3 is 10.6 Å². The summed E-state index contributed by atoms with van der Waals surface area (Å²) in [4.78, 5) is 24.6. The molecular weight excluding hydrogens is 272 g/mol. The molecule has 104 valence electrons. The Hall–Kier alpha value is -1.75. The first kappa shape index (κ1) is 13.2. The highest BCUT2D eigenvalue weighted by Crippen LogP contribution is 2.33. The van der Waals surface area contributed by atoms with Gasteiger partial charge in [0.25, 0.3) is 0 Å². The molecule has 1 unspecified atom stereocenters. The van der Waals surface area contributed by atoms with Crippen molar-refractivity contribution >= 4 is 35.0 Å². The highest BCUT2D eigenvalue weighted by atomic mass is 32.2. The van der Waals surface area contributed by atoms with E-state index in [1.54, 1.807) is 0 Å². The summed E-state index contributed by atoms with van der Waals surface area (Å²) in [5, 5.41) is 5.77. The third kappa shape index (κ3) is 2.88. The minimum Gasteiger partial charge on any atom is -0.326 e. The minimum absolute atomic E-state index is 0.00314. The summed E-state index contributed by atoms with van der Waals surface area (Å²) in [6, 6.07) is 5.66. The lowest BCUT2D eigenvalue weighted by molar-refractivity contribution is -0.120. The standard InChI is InChI=1S/C15H16N2O2S/c18-14-9-20-13-7-6-11(8-12(13)17-14)16-15(19)10-4-2-1-3-5-10/h1-2,6-8,10H,3-5,9H2,(H,16,19)(H,17,18). The molecule has 1 aromatic rings.